The fraction of sp³-hybridized carbons (Fsp3) is 0.379. The van der Waals surface area contributed by atoms with Gasteiger partial charge in [-0.05, 0) is 43.4 Å². The lowest BCUT2D eigenvalue weighted by molar-refractivity contribution is 0.0786. The number of para-hydroxylation sites is 1. The number of aromatic nitrogens is 1. The average Bonchev–Trinajstić information content (AvgIpc) is 3.38. The van der Waals surface area contributed by atoms with E-state index in [4.69, 9.17) is 0 Å². The number of nitrogens with zero attached hydrogens (tertiary/aromatic N) is 2. The number of benzene rings is 2. The van der Waals surface area contributed by atoms with Crippen LogP contribution in [0.2, 0.25) is 0 Å². The van der Waals surface area contributed by atoms with E-state index in [1.807, 2.05) is 53.4 Å². The number of hydrogen-bond donors (Lipinski definition) is 2. The minimum atomic E-state index is -0.518. The second-order valence-electron chi connectivity index (χ2n) is 9.24. The van der Waals surface area contributed by atoms with Gasteiger partial charge in [0.15, 0.2) is 5.75 Å². The van der Waals surface area contributed by atoms with Gasteiger partial charge in [-0.3, -0.25) is 9.59 Å². The lowest BCUT2D eigenvalue weighted by Gasteiger charge is -2.28. The highest BCUT2D eigenvalue weighted by molar-refractivity contribution is 5.99. The Kier molecular flexibility index (Phi) is 7.91. The number of aromatic amines is 1. The van der Waals surface area contributed by atoms with Crippen LogP contribution in [0.3, 0.4) is 0 Å². The first kappa shape index (κ1) is 24.6. The molecule has 6 heteroatoms. The van der Waals surface area contributed by atoms with Crippen molar-refractivity contribution in [3.05, 3.63) is 87.8 Å². The Morgan fingerprint density at radius 2 is 1.74 bits per heavy atom. The third kappa shape index (κ3) is 5.26. The maximum atomic E-state index is 13.6. The van der Waals surface area contributed by atoms with E-state index < -0.39 is 11.5 Å². The smallest absolute Gasteiger partial charge is 0.264 e. The van der Waals surface area contributed by atoms with Gasteiger partial charge >= 0.3 is 0 Å². The second-order valence-corrected chi connectivity index (χ2v) is 9.24. The van der Waals surface area contributed by atoms with Crippen molar-refractivity contribution < 1.29 is 9.90 Å². The van der Waals surface area contributed by atoms with Crippen molar-refractivity contribution in [1.82, 2.24) is 9.88 Å². The average molecular weight is 474 g/mol. The number of amides is 1. The van der Waals surface area contributed by atoms with E-state index in [1.165, 1.54) is 5.56 Å². The molecule has 1 aromatic heterocycles. The quantitative estimate of drug-likeness (QED) is 0.424. The molecule has 1 aliphatic heterocycles. The van der Waals surface area contributed by atoms with Crippen LogP contribution < -0.4 is 10.5 Å². The van der Waals surface area contributed by atoms with Gasteiger partial charge in [-0.15, -0.1) is 0 Å². The molecular weight excluding hydrogens is 438 g/mol. The van der Waals surface area contributed by atoms with Gasteiger partial charge in [0.25, 0.3) is 11.5 Å². The molecule has 1 atom stereocenters. The summed E-state index contributed by atoms with van der Waals surface area (Å²) in [6, 6.07) is 20.0. The van der Waals surface area contributed by atoms with E-state index in [-0.39, 0.29) is 17.2 Å². The number of carbonyl (C=O) groups excluding carboxylic acids is 1. The van der Waals surface area contributed by atoms with Gasteiger partial charge in [0, 0.05) is 36.9 Å². The predicted octanol–water partition coefficient (Wildman–Crippen LogP) is 5.60. The number of pyridine rings is 1. The van der Waals surface area contributed by atoms with Crippen molar-refractivity contribution in [1.29, 1.82) is 0 Å². The van der Waals surface area contributed by atoms with Crippen molar-refractivity contribution in [3.63, 3.8) is 0 Å². The van der Waals surface area contributed by atoms with Crippen LogP contribution in [0.5, 0.6) is 5.75 Å². The van der Waals surface area contributed by atoms with E-state index in [0.717, 1.165) is 31.4 Å². The van der Waals surface area contributed by atoms with Gasteiger partial charge in [0.2, 0.25) is 0 Å². The number of carbonyl (C=O) groups is 1. The van der Waals surface area contributed by atoms with E-state index >= 15 is 0 Å². The first-order valence-electron chi connectivity index (χ1n) is 12.7. The van der Waals surface area contributed by atoms with Crippen molar-refractivity contribution in [2.45, 2.75) is 51.9 Å². The van der Waals surface area contributed by atoms with Crippen molar-refractivity contribution in [2.24, 2.45) is 0 Å². The topological polar surface area (TPSA) is 76.6 Å². The summed E-state index contributed by atoms with van der Waals surface area (Å²) in [7, 11) is 0. The molecule has 1 saturated heterocycles. The fourth-order valence-corrected chi connectivity index (χ4v) is 4.95. The molecule has 0 spiro atoms. The van der Waals surface area contributed by atoms with Gasteiger partial charge in [-0.25, -0.2) is 0 Å². The zero-order chi connectivity index (χ0) is 24.8. The Balaban J connectivity index is 1.74. The standard InChI is InChI=1S/C29H35N3O3/c1-3-5-16-24-26(32(18-4-2)23-14-10-7-11-15-23)27(33)25(28(34)30-24)29(35)31-19-17-22(20-31)21-12-8-6-9-13-21/h6-15,22H,3-5,16-20H2,1-2H3,(H2,30,33,34)/t22-/m0/s1. The Morgan fingerprint density at radius 3 is 2.40 bits per heavy atom. The number of rotatable bonds is 9. The van der Waals surface area contributed by atoms with Crippen LogP contribution >= 0.6 is 0 Å². The molecule has 4 rings (SSSR count). The molecule has 3 aromatic rings. The van der Waals surface area contributed by atoms with Gasteiger partial charge < -0.3 is 19.9 Å². The monoisotopic (exact) mass is 473 g/mol. The van der Waals surface area contributed by atoms with E-state index in [0.29, 0.717) is 37.4 Å². The first-order chi connectivity index (χ1) is 17.0. The van der Waals surface area contributed by atoms with Crippen molar-refractivity contribution >= 4 is 17.3 Å². The maximum Gasteiger partial charge on any atom is 0.264 e. The van der Waals surface area contributed by atoms with E-state index in [2.05, 4.69) is 31.0 Å². The van der Waals surface area contributed by atoms with Gasteiger partial charge in [-0.1, -0.05) is 68.8 Å². The zero-order valence-corrected chi connectivity index (χ0v) is 20.7. The molecule has 0 aliphatic carbocycles. The molecule has 2 aromatic carbocycles. The minimum absolute atomic E-state index is 0.161. The molecule has 1 fully saturated rings. The Hall–Kier alpha value is -3.54. The highest BCUT2D eigenvalue weighted by Gasteiger charge is 2.33. The number of aryl methyl sites for hydroxylation is 1. The molecule has 1 aliphatic rings. The number of likely N-dealkylation sites (tertiary alicyclic amines) is 1. The molecule has 2 N–H and O–H groups in total. The van der Waals surface area contributed by atoms with E-state index in [1.54, 1.807) is 4.90 Å². The molecule has 0 bridgehead atoms. The third-order valence-electron chi connectivity index (χ3n) is 6.76. The highest BCUT2D eigenvalue weighted by Crippen LogP contribution is 2.38. The minimum Gasteiger partial charge on any atom is -0.505 e. The van der Waals surface area contributed by atoms with Crippen LogP contribution in [0.25, 0.3) is 0 Å². The Bertz CT molecular complexity index is 1190. The van der Waals surface area contributed by atoms with E-state index in [9.17, 15) is 14.7 Å². The zero-order valence-electron chi connectivity index (χ0n) is 20.7. The predicted molar refractivity (Wildman–Crippen MR) is 141 cm³/mol. The number of H-pyrrole nitrogens is 1. The SMILES string of the molecule is CCCCc1[nH]c(=O)c(C(=O)N2CC[C@H](c3ccccc3)C2)c(O)c1N(CCC)c1ccccc1. The summed E-state index contributed by atoms with van der Waals surface area (Å²) in [6.45, 7) is 5.90. The lowest BCUT2D eigenvalue weighted by atomic mass is 9.99. The van der Waals surface area contributed by atoms with Crippen LogP contribution in [-0.2, 0) is 6.42 Å². The first-order valence-corrected chi connectivity index (χ1v) is 12.7. The van der Waals surface area contributed by atoms with Crippen LogP contribution in [0.4, 0.5) is 11.4 Å². The molecule has 35 heavy (non-hydrogen) atoms. The molecule has 6 nitrogen and oxygen atoms in total. The van der Waals surface area contributed by atoms with Crippen LogP contribution in [0.1, 0.15) is 67.1 Å². The summed E-state index contributed by atoms with van der Waals surface area (Å²) in [6.07, 6.45) is 4.12. The highest BCUT2D eigenvalue weighted by atomic mass is 16.3. The summed E-state index contributed by atoms with van der Waals surface area (Å²) in [5, 5.41) is 11.5. The molecule has 0 saturated carbocycles. The normalized spacial score (nSPS) is 15.4. The number of nitrogens with one attached hydrogen (secondary N) is 1. The van der Waals surface area contributed by atoms with Gasteiger partial charge in [0.05, 0.1) is 0 Å². The number of unbranched alkanes of at least 4 members (excludes halogenated alkanes) is 1. The van der Waals surface area contributed by atoms with Crippen LogP contribution in [0.15, 0.2) is 65.5 Å². The number of aromatic hydroxyl groups is 1. The summed E-state index contributed by atoms with van der Waals surface area (Å²) in [4.78, 5) is 33.4. The second kappa shape index (κ2) is 11.3. The molecule has 184 valence electrons. The van der Waals surface area contributed by atoms with Gasteiger partial charge in [0.1, 0.15) is 11.3 Å². The summed E-state index contributed by atoms with van der Waals surface area (Å²) < 4.78 is 0. The maximum absolute atomic E-state index is 13.6. The molecule has 0 radical (unpaired) electrons. The fourth-order valence-electron chi connectivity index (χ4n) is 4.95. The van der Waals surface area contributed by atoms with Crippen molar-refractivity contribution in [2.75, 3.05) is 24.5 Å². The summed E-state index contributed by atoms with van der Waals surface area (Å²) in [5.74, 6) is -0.397. The number of hydrogen-bond acceptors (Lipinski definition) is 4. The van der Waals surface area contributed by atoms with Crippen molar-refractivity contribution in [3.8, 4) is 5.75 Å². The number of anilines is 2. The molecule has 1 amide bonds. The van der Waals surface area contributed by atoms with Crippen LogP contribution in [-0.4, -0.2) is 40.5 Å². The lowest BCUT2D eigenvalue weighted by Crippen LogP contribution is -2.34. The van der Waals surface area contributed by atoms with Crippen LogP contribution in [0, 0.1) is 0 Å². The molecule has 0 unspecified atom stereocenters. The Morgan fingerprint density at radius 1 is 1.06 bits per heavy atom. The largest absolute Gasteiger partial charge is 0.505 e. The summed E-state index contributed by atoms with van der Waals surface area (Å²) in [5.41, 5.74) is 2.63. The summed E-state index contributed by atoms with van der Waals surface area (Å²) >= 11 is 0. The Labute approximate surface area is 207 Å². The molecule has 2 heterocycles. The third-order valence-corrected chi connectivity index (χ3v) is 6.76. The van der Waals surface area contributed by atoms with Gasteiger partial charge in [-0.2, -0.15) is 0 Å². The molecular formula is C29H35N3O3.